The molecule has 37 heavy (non-hydrogen) atoms. The van der Waals surface area contributed by atoms with E-state index in [1.807, 2.05) is 67.6 Å². The molecule has 8 heteroatoms. The fourth-order valence-electron chi connectivity index (χ4n) is 4.31. The van der Waals surface area contributed by atoms with Crippen LogP contribution in [0.2, 0.25) is 0 Å². The minimum Gasteiger partial charge on any atom is -0.321 e. The van der Waals surface area contributed by atoms with Gasteiger partial charge in [0, 0.05) is 11.3 Å². The van der Waals surface area contributed by atoms with E-state index in [9.17, 15) is 9.59 Å². The molecule has 6 nitrogen and oxygen atoms in total. The number of thiophene rings is 1. The molecule has 182 valence electrons. The zero-order chi connectivity index (χ0) is 25.5. The Morgan fingerprint density at radius 2 is 1.76 bits per heavy atom. The lowest BCUT2D eigenvalue weighted by molar-refractivity contribution is 0.103. The highest BCUT2D eigenvalue weighted by molar-refractivity contribution is 7.21. The van der Waals surface area contributed by atoms with E-state index < -0.39 is 0 Å². The van der Waals surface area contributed by atoms with E-state index in [-0.39, 0.29) is 11.5 Å². The van der Waals surface area contributed by atoms with Crippen molar-refractivity contribution in [3.05, 3.63) is 111 Å². The van der Waals surface area contributed by atoms with E-state index in [0.29, 0.717) is 32.9 Å². The van der Waals surface area contributed by atoms with Crippen LogP contribution in [0.15, 0.2) is 83.9 Å². The molecule has 0 unspecified atom stereocenters. The molecule has 0 radical (unpaired) electrons. The highest BCUT2D eigenvalue weighted by Crippen LogP contribution is 2.32. The number of fused-ring (bicyclic) bond motifs is 2. The number of carbonyl (C=O) groups is 1. The Labute approximate surface area is 220 Å². The maximum absolute atomic E-state index is 13.2. The van der Waals surface area contributed by atoms with E-state index in [1.165, 1.54) is 16.9 Å². The van der Waals surface area contributed by atoms with Crippen LogP contribution < -0.4 is 10.9 Å². The maximum Gasteiger partial charge on any atom is 0.266 e. The fraction of sp³-hybridized carbons (Fsp3) is 0.103. The van der Waals surface area contributed by atoms with Crippen molar-refractivity contribution in [3.8, 4) is 10.6 Å². The molecule has 1 amide bonds. The largest absolute Gasteiger partial charge is 0.321 e. The van der Waals surface area contributed by atoms with Crippen molar-refractivity contribution in [2.75, 3.05) is 5.32 Å². The molecular weight excluding hydrogens is 500 g/mol. The average molecular weight is 523 g/mol. The second-order valence-corrected chi connectivity index (χ2v) is 11.0. The number of aryl methyl sites for hydroxylation is 2. The molecule has 3 aromatic carbocycles. The molecule has 0 saturated heterocycles. The minimum absolute atomic E-state index is 0.142. The smallest absolute Gasteiger partial charge is 0.266 e. The quantitative estimate of drug-likeness (QED) is 0.275. The SMILES string of the molecule is Cc1ccc2nc(-c3ccc(NC(=O)c4sc5ncn(Cc6ccccc6)c(=O)c5c4C)cc3)sc2c1. The summed E-state index contributed by atoms with van der Waals surface area (Å²) in [5.74, 6) is -0.252. The number of hydrogen-bond donors (Lipinski definition) is 1. The molecule has 0 aliphatic carbocycles. The van der Waals surface area contributed by atoms with Gasteiger partial charge < -0.3 is 5.32 Å². The van der Waals surface area contributed by atoms with Gasteiger partial charge in [-0.25, -0.2) is 9.97 Å². The standard InChI is InChI=1S/C29H22N4O2S2/c1-17-8-13-22-23(14-17)36-27(32-22)20-9-11-21(12-10-20)31-26(34)25-18(2)24-28(37-25)30-16-33(29(24)35)15-19-6-4-3-5-7-19/h3-14,16H,15H2,1-2H3,(H,31,34). The van der Waals surface area contributed by atoms with Gasteiger partial charge in [0.1, 0.15) is 9.84 Å². The van der Waals surface area contributed by atoms with Gasteiger partial charge >= 0.3 is 0 Å². The van der Waals surface area contributed by atoms with Crippen molar-refractivity contribution in [2.45, 2.75) is 20.4 Å². The Kier molecular flexibility index (Phi) is 5.90. The zero-order valence-electron chi connectivity index (χ0n) is 20.2. The number of thiazole rings is 1. The van der Waals surface area contributed by atoms with Gasteiger partial charge in [0.15, 0.2) is 0 Å². The minimum atomic E-state index is -0.252. The molecule has 0 bridgehead atoms. The third-order valence-electron chi connectivity index (χ3n) is 6.25. The van der Waals surface area contributed by atoms with Crippen LogP contribution in [0.1, 0.15) is 26.4 Å². The zero-order valence-corrected chi connectivity index (χ0v) is 21.8. The maximum atomic E-state index is 13.2. The molecule has 3 aromatic heterocycles. The topological polar surface area (TPSA) is 76.9 Å². The lowest BCUT2D eigenvalue weighted by Gasteiger charge is -2.06. The van der Waals surface area contributed by atoms with Crippen molar-refractivity contribution < 1.29 is 4.79 Å². The molecule has 0 spiro atoms. The van der Waals surface area contributed by atoms with Crippen LogP contribution in [0.25, 0.3) is 31.0 Å². The van der Waals surface area contributed by atoms with Gasteiger partial charge in [-0.3, -0.25) is 14.2 Å². The first-order valence-electron chi connectivity index (χ1n) is 11.8. The summed E-state index contributed by atoms with van der Waals surface area (Å²) in [6.07, 6.45) is 1.55. The molecule has 3 heterocycles. The lowest BCUT2D eigenvalue weighted by atomic mass is 10.2. The number of nitrogens with one attached hydrogen (secondary N) is 1. The second kappa shape index (κ2) is 9.38. The van der Waals surface area contributed by atoms with Gasteiger partial charge in [-0.2, -0.15) is 0 Å². The predicted molar refractivity (Wildman–Crippen MR) is 152 cm³/mol. The number of amides is 1. The number of nitrogens with zero attached hydrogens (tertiary/aromatic N) is 3. The Morgan fingerprint density at radius 1 is 0.973 bits per heavy atom. The van der Waals surface area contributed by atoms with E-state index in [2.05, 4.69) is 29.4 Å². The third kappa shape index (κ3) is 4.45. The van der Waals surface area contributed by atoms with Crippen LogP contribution in [0.3, 0.4) is 0 Å². The number of benzene rings is 3. The third-order valence-corrected chi connectivity index (χ3v) is 8.52. The average Bonchev–Trinajstić information content (AvgIpc) is 3.48. The molecule has 6 rings (SSSR count). The first-order valence-corrected chi connectivity index (χ1v) is 13.4. The Balaban J connectivity index is 1.24. The summed E-state index contributed by atoms with van der Waals surface area (Å²) in [6.45, 7) is 4.31. The van der Waals surface area contributed by atoms with E-state index in [0.717, 1.165) is 26.4 Å². The van der Waals surface area contributed by atoms with Crippen molar-refractivity contribution in [1.82, 2.24) is 14.5 Å². The predicted octanol–water partition coefficient (Wildman–Crippen LogP) is 6.65. The number of aromatic nitrogens is 3. The van der Waals surface area contributed by atoms with Gasteiger partial charge in [0.2, 0.25) is 0 Å². The summed E-state index contributed by atoms with van der Waals surface area (Å²) < 4.78 is 2.74. The Morgan fingerprint density at radius 3 is 2.54 bits per heavy atom. The summed E-state index contributed by atoms with van der Waals surface area (Å²) in [7, 11) is 0. The Hall–Kier alpha value is -4.14. The first-order chi connectivity index (χ1) is 18.0. The van der Waals surface area contributed by atoms with Gasteiger partial charge in [0.25, 0.3) is 11.5 Å². The normalized spacial score (nSPS) is 11.3. The summed E-state index contributed by atoms with van der Waals surface area (Å²) in [6, 6.07) is 23.7. The van der Waals surface area contributed by atoms with Crippen LogP contribution in [-0.4, -0.2) is 20.4 Å². The van der Waals surface area contributed by atoms with Crippen molar-refractivity contribution in [2.24, 2.45) is 0 Å². The molecular formula is C29H22N4O2S2. The van der Waals surface area contributed by atoms with Crippen molar-refractivity contribution in [3.63, 3.8) is 0 Å². The van der Waals surface area contributed by atoms with Crippen LogP contribution >= 0.6 is 22.7 Å². The van der Waals surface area contributed by atoms with E-state index >= 15 is 0 Å². The van der Waals surface area contributed by atoms with Crippen LogP contribution in [0.4, 0.5) is 5.69 Å². The van der Waals surface area contributed by atoms with Crippen LogP contribution in [0.5, 0.6) is 0 Å². The second-order valence-electron chi connectivity index (χ2n) is 8.92. The number of rotatable bonds is 5. The summed E-state index contributed by atoms with van der Waals surface area (Å²) in [5.41, 5.74) is 5.40. The summed E-state index contributed by atoms with van der Waals surface area (Å²) in [5, 5.41) is 4.40. The summed E-state index contributed by atoms with van der Waals surface area (Å²) in [4.78, 5) is 36.6. The van der Waals surface area contributed by atoms with Gasteiger partial charge in [-0.1, -0.05) is 36.4 Å². The molecule has 0 fully saturated rings. The van der Waals surface area contributed by atoms with Gasteiger partial charge in [0.05, 0.1) is 33.4 Å². The molecule has 0 aliphatic heterocycles. The molecule has 0 saturated carbocycles. The molecule has 0 atom stereocenters. The van der Waals surface area contributed by atoms with E-state index in [1.54, 1.807) is 22.2 Å². The molecule has 6 aromatic rings. The molecule has 0 aliphatic rings. The number of hydrogen-bond acceptors (Lipinski definition) is 6. The van der Waals surface area contributed by atoms with Gasteiger partial charge in [-0.15, -0.1) is 22.7 Å². The monoisotopic (exact) mass is 522 g/mol. The van der Waals surface area contributed by atoms with E-state index in [4.69, 9.17) is 4.98 Å². The number of anilines is 1. The fourth-order valence-corrected chi connectivity index (χ4v) is 6.41. The Bertz CT molecular complexity index is 1830. The highest BCUT2D eigenvalue weighted by Gasteiger charge is 2.20. The van der Waals surface area contributed by atoms with Crippen LogP contribution in [-0.2, 0) is 6.54 Å². The van der Waals surface area contributed by atoms with Crippen molar-refractivity contribution >= 4 is 54.7 Å². The lowest BCUT2D eigenvalue weighted by Crippen LogP contribution is -2.21. The molecule has 1 N–H and O–H groups in total. The highest BCUT2D eigenvalue weighted by atomic mass is 32.1. The summed E-state index contributed by atoms with van der Waals surface area (Å²) >= 11 is 2.89. The van der Waals surface area contributed by atoms with Gasteiger partial charge in [-0.05, 0) is 66.9 Å². The number of carbonyl (C=O) groups excluding carboxylic acids is 1. The van der Waals surface area contributed by atoms with Crippen molar-refractivity contribution in [1.29, 1.82) is 0 Å². The van der Waals surface area contributed by atoms with Crippen LogP contribution in [0, 0.1) is 13.8 Å². The first kappa shape index (κ1) is 23.3.